The molecule has 0 spiro atoms. The number of ketones is 2. The molecule has 21 heavy (non-hydrogen) atoms. The Kier molecular flexibility index (Phi) is 11.2. The summed E-state index contributed by atoms with van der Waals surface area (Å²) in [5.41, 5.74) is 1.83. The molecule has 3 N–H and O–H groups in total. The third kappa shape index (κ3) is 14.6. The first-order valence-electron chi connectivity index (χ1n) is 7.48. The third-order valence-corrected chi connectivity index (χ3v) is 2.71. The first-order valence-corrected chi connectivity index (χ1v) is 7.48. The minimum atomic E-state index is 0.0692. The third-order valence-electron chi connectivity index (χ3n) is 2.71. The van der Waals surface area contributed by atoms with Crippen LogP contribution in [0.5, 0.6) is 0 Å². The summed E-state index contributed by atoms with van der Waals surface area (Å²) in [5, 5.41) is 9.76. The van der Waals surface area contributed by atoms with Gasteiger partial charge in [0.25, 0.3) is 0 Å². The van der Waals surface area contributed by atoms with Gasteiger partial charge in [-0.3, -0.25) is 9.59 Å². The Bertz CT molecular complexity index is 351. The molecule has 0 aromatic rings. The maximum Gasteiger partial charge on any atom is 0.154 e. The number of hydrogen-bond donors (Lipinski definition) is 3. The lowest BCUT2D eigenvalue weighted by atomic mass is 10.3. The predicted octanol–water partition coefficient (Wildman–Crippen LogP) is 1.52. The molecule has 0 bridgehead atoms. The van der Waals surface area contributed by atoms with E-state index >= 15 is 0 Å². The van der Waals surface area contributed by atoms with Gasteiger partial charge in [0.1, 0.15) is 0 Å². The van der Waals surface area contributed by atoms with Gasteiger partial charge in [-0.25, -0.2) is 0 Å². The van der Waals surface area contributed by atoms with Crippen LogP contribution in [-0.4, -0.2) is 37.7 Å². The largest absolute Gasteiger partial charge is 0.388 e. The molecule has 0 saturated heterocycles. The highest BCUT2D eigenvalue weighted by molar-refractivity contribution is 5.88. The van der Waals surface area contributed by atoms with Gasteiger partial charge in [-0.15, -0.1) is 0 Å². The second-order valence-corrected chi connectivity index (χ2v) is 5.19. The quantitative estimate of drug-likeness (QED) is 0.376. The van der Waals surface area contributed by atoms with Crippen LogP contribution in [0.25, 0.3) is 0 Å². The van der Waals surface area contributed by atoms with E-state index in [1.54, 1.807) is 26.0 Å². The minimum absolute atomic E-state index is 0.0692. The van der Waals surface area contributed by atoms with Gasteiger partial charge in [-0.1, -0.05) is 0 Å². The summed E-state index contributed by atoms with van der Waals surface area (Å²) in [6, 6.07) is 0. The topological polar surface area (TPSA) is 70.2 Å². The van der Waals surface area contributed by atoms with Gasteiger partial charge in [0.15, 0.2) is 11.6 Å². The predicted molar refractivity (Wildman–Crippen MR) is 87.0 cm³/mol. The molecule has 0 amide bonds. The number of allylic oxidation sites excluding steroid dienone is 4. The second-order valence-electron chi connectivity index (χ2n) is 5.19. The standard InChI is InChI=1S/C16H29N3O2/c1-13(11-15(3)20)18-9-5-7-17-8-6-10-19-14(2)12-16(4)21/h11-12,17-19H,5-10H2,1-4H3. The molecule has 0 aromatic carbocycles. The van der Waals surface area contributed by atoms with E-state index in [-0.39, 0.29) is 11.6 Å². The van der Waals surface area contributed by atoms with Crippen LogP contribution in [0, 0.1) is 0 Å². The van der Waals surface area contributed by atoms with E-state index in [4.69, 9.17) is 0 Å². The zero-order valence-corrected chi connectivity index (χ0v) is 13.7. The molecule has 0 unspecified atom stereocenters. The number of nitrogens with one attached hydrogen (secondary N) is 3. The van der Waals surface area contributed by atoms with Crippen molar-refractivity contribution in [2.24, 2.45) is 0 Å². The van der Waals surface area contributed by atoms with Gasteiger partial charge in [0.05, 0.1) is 0 Å². The molecular formula is C16H29N3O2. The maximum atomic E-state index is 10.8. The smallest absolute Gasteiger partial charge is 0.154 e. The highest BCUT2D eigenvalue weighted by atomic mass is 16.1. The highest BCUT2D eigenvalue weighted by Gasteiger charge is 1.94. The van der Waals surface area contributed by atoms with Crippen molar-refractivity contribution in [3.05, 3.63) is 23.5 Å². The maximum absolute atomic E-state index is 10.8. The Morgan fingerprint density at radius 3 is 1.43 bits per heavy atom. The molecule has 0 radical (unpaired) electrons. The molecule has 0 heterocycles. The molecule has 0 aliphatic rings. The summed E-state index contributed by atoms with van der Waals surface area (Å²) in [4.78, 5) is 21.7. The Balaban J connectivity index is 3.41. The fourth-order valence-electron chi connectivity index (χ4n) is 1.83. The summed E-state index contributed by atoms with van der Waals surface area (Å²) in [6.45, 7) is 10.5. The zero-order valence-electron chi connectivity index (χ0n) is 13.7. The molecule has 0 fully saturated rings. The molecule has 0 rings (SSSR count). The second kappa shape index (κ2) is 12.1. The van der Waals surface area contributed by atoms with Crippen LogP contribution < -0.4 is 16.0 Å². The van der Waals surface area contributed by atoms with Crippen LogP contribution >= 0.6 is 0 Å². The van der Waals surface area contributed by atoms with Crippen molar-refractivity contribution in [2.75, 3.05) is 26.2 Å². The van der Waals surface area contributed by atoms with Crippen LogP contribution in [0.1, 0.15) is 40.5 Å². The van der Waals surface area contributed by atoms with E-state index in [0.717, 1.165) is 50.4 Å². The average Bonchev–Trinajstić information content (AvgIpc) is 2.34. The van der Waals surface area contributed by atoms with E-state index in [0.29, 0.717) is 0 Å². The van der Waals surface area contributed by atoms with E-state index in [1.807, 2.05) is 13.8 Å². The van der Waals surface area contributed by atoms with Crippen LogP contribution in [-0.2, 0) is 9.59 Å². The van der Waals surface area contributed by atoms with Gasteiger partial charge in [0.2, 0.25) is 0 Å². The van der Waals surface area contributed by atoms with Crippen LogP contribution in [0.4, 0.5) is 0 Å². The van der Waals surface area contributed by atoms with Gasteiger partial charge in [0, 0.05) is 24.5 Å². The van der Waals surface area contributed by atoms with E-state index < -0.39 is 0 Å². The van der Waals surface area contributed by atoms with Crippen molar-refractivity contribution in [1.82, 2.24) is 16.0 Å². The fraction of sp³-hybridized carbons (Fsp3) is 0.625. The first-order chi connectivity index (χ1) is 9.91. The number of carbonyl (C=O) groups is 2. The molecule has 120 valence electrons. The Labute approximate surface area is 128 Å². The molecule has 0 aromatic heterocycles. The van der Waals surface area contributed by atoms with Crippen molar-refractivity contribution in [3.63, 3.8) is 0 Å². The molecule has 5 heteroatoms. The van der Waals surface area contributed by atoms with E-state index in [9.17, 15) is 9.59 Å². The summed E-state index contributed by atoms with van der Waals surface area (Å²) >= 11 is 0. The summed E-state index contributed by atoms with van der Waals surface area (Å²) in [7, 11) is 0. The number of carbonyl (C=O) groups excluding carboxylic acids is 2. The Morgan fingerprint density at radius 2 is 1.10 bits per heavy atom. The minimum Gasteiger partial charge on any atom is -0.388 e. The highest BCUT2D eigenvalue weighted by Crippen LogP contribution is 1.89. The van der Waals surface area contributed by atoms with Gasteiger partial charge >= 0.3 is 0 Å². The van der Waals surface area contributed by atoms with E-state index in [2.05, 4.69) is 16.0 Å². The number of hydrogen-bond acceptors (Lipinski definition) is 5. The van der Waals surface area contributed by atoms with Crippen LogP contribution in [0.3, 0.4) is 0 Å². The molecule has 0 aliphatic carbocycles. The van der Waals surface area contributed by atoms with Gasteiger partial charge in [-0.2, -0.15) is 0 Å². The lowest BCUT2D eigenvalue weighted by Gasteiger charge is -2.08. The van der Waals surface area contributed by atoms with Crippen molar-refractivity contribution < 1.29 is 9.59 Å². The molecule has 0 aliphatic heterocycles. The van der Waals surface area contributed by atoms with Crippen molar-refractivity contribution >= 4 is 11.6 Å². The summed E-state index contributed by atoms with van der Waals surface area (Å²) in [5.74, 6) is 0.138. The lowest BCUT2D eigenvalue weighted by molar-refractivity contribution is -0.113. The zero-order chi connectivity index (χ0) is 16.1. The average molecular weight is 295 g/mol. The Morgan fingerprint density at radius 1 is 0.714 bits per heavy atom. The van der Waals surface area contributed by atoms with Crippen molar-refractivity contribution in [1.29, 1.82) is 0 Å². The molecule has 5 nitrogen and oxygen atoms in total. The van der Waals surface area contributed by atoms with Crippen LogP contribution in [0.15, 0.2) is 23.5 Å². The lowest BCUT2D eigenvalue weighted by Crippen LogP contribution is -2.24. The summed E-state index contributed by atoms with van der Waals surface area (Å²) in [6.07, 6.45) is 5.24. The molecular weight excluding hydrogens is 266 g/mol. The van der Waals surface area contributed by atoms with Crippen molar-refractivity contribution in [2.45, 2.75) is 40.5 Å². The SMILES string of the molecule is CC(=O)C=C(C)NCCCNCCCNC(C)=CC(C)=O. The summed E-state index contributed by atoms with van der Waals surface area (Å²) < 4.78 is 0. The van der Waals surface area contributed by atoms with Gasteiger partial charge < -0.3 is 16.0 Å². The molecule has 0 saturated carbocycles. The fourth-order valence-corrected chi connectivity index (χ4v) is 1.83. The monoisotopic (exact) mass is 295 g/mol. The van der Waals surface area contributed by atoms with Gasteiger partial charge in [-0.05, 0) is 65.8 Å². The molecule has 0 atom stereocenters. The van der Waals surface area contributed by atoms with E-state index in [1.165, 1.54) is 0 Å². The van der Waals surface area contributed by atoms with Crippen LogP contribution in [0.2, 0.25) is 0 Å². The Hall–Kier alpha value is -1.62. The number of rotatable bonds is 12. The normalized spacial score (nSPS) is 12.2. The first kappa shape index (κ1) is 19.4. The van der Waals surface area contributed by atoms with Crippen molar-refractivity contribution in [3.8, 4) is 0 Å².